The van der Waals surface area contributed by atoms with E-state index >= 15 is 0 Å². The average molecular weight is 253 g/mol. The maximum atomic E-state index is 5.87. The second-order valence-electron chi connectivity index (χ2n) is 4.38. The van der Waals surface area contributed by atoms with Crippen LogP contribution >= 0.6 is 0 Å². The van der Waals surface area contributed by atoms with Crippen molar-refractivity contribution in [3.63, 3.8) is 0 Å². The molecule has 1 aliphatic heterocycles. The lowest BCUT2D eigenvalue weighted by Gasteiger charge is -2.24. The van der Waals surface area contributed by atoms with Crippen LogP contribution in [0.4, 0.5) is 0 Å². The van der Waals surface area contributed by atoms with E-state index in [4.69, 9.17) is 13.9 Å². The number of hydrogen-bond donors (Lipinski definition) is 0. The Morgan fingerprint density at radius 1 is 0.947 bits per heavy atom. The van der Waals surface area contributed by atoms with E-state index in [2.05, 4.69) is 4.98 Å². The van der Waals surface area contributed by atoms with Gasteiger partial charge in [-0.05, 0) is 24.3 Å². The molecule has 0 fully saturated rings. The van der Waals surface area contributed by atoms with Gasteiger partial charge in [0.05, 0.1) is 0 Å². The Kier molecular flexibility index (Phi) is 2.21. The van der Waals surface area contributed by atoms with Crippen molar-refractivity contribution in [1.29, 1.82) is 0 Å². The first-order valence-electron chi connectivity index (χ1n) is 6.14. The smallest absolute Gasteiger partial charge is 0.240 e. The summed E-state index contributed by atoms with van der Waals surface area (Å²) in [4.78, 5) is 4.44. The topological polar surface area (TPSA) is 44.5 Å². The highest BCUT2D eigenvalue weighted by Gasteiger charge is 2.26. The normalized spacial score (nSPS) is 17.6. The van der Waals surface area contributed by atoms with E-state index in [0.29, 0.717) is 12.5 Å². The molecular formula is C15H11NO3. The predicted molar refractivity (Wildman–Crippen MR) is 69.3 cm³/mol. The second-order valence-corrected chi connectivity index (χ2v) is 4.38. The summed E-state index contributed by atoms with van der Waals surface area (Å²) in [7, 11) is 0. The van der Waals surface area contributed by atoms with Crippen LogP contribution < -0.4 is 9.47 Å². The molecule has 2 aromatic carbocycles. The van der Waals surface area contributed by atoms with Crippen LogP contribution in [0.2, 0.25) is 0 Å². The molecule has 19 heavy (non-hydrogen) atoms. The molecule has 2 heterocycles. The van der Waals surface area contributed by atoms with Crippen LogP contribution in [0.15, 0.2) is 52.9 Å². The molecule has 4 nitrogen and oxygen atoms in total. The highest BCUT2D eigenvalue weighted by Crippen LogP contribution is 2.36. The van der Waals surface area contributed by atoms with Gasteiger partial charge in [0, 0.05) is 0 Å². The standard InChI is InChI=1S/C15H11NO3/c1-2-6-11-10(5-1)16-15(19-11)14-9-17-12-7-3-4-8-13(12)18-14/h1-8,14H,9H2/t14-/m1/s1. The summed E-state index contributed by atoms with van der Waals surface area (Å²) >= 11 is 0. The monoisotopic (exact) mass is 253 g/mol. The molecule has 1 atom stereocenters. The minimum Gasteiger partial charge on any atom is -0.485 e. The predicted octanol–water partition coefficient (Wildman–Crippen LogP) is 3.34. The molecule has 0 aliphatic carbocycles. The molecule has 0 bridgehead atoms. The van der Waals surface area contributed by atoms with Crippen LogP contribution in [-0.2, 0) is 0 Å². The Hall–Kier alpha value is -2.49. The summed E-state index contributed by atoms with van der Waals surface area (Å²) in [5.41, 5.74) is 1.60. The van der Waals surface area contributed by atoms with E-state index in [9.17, 15) is 0 Å². The maximum absolute atomic E-state index is 5.87. The highest BCUT2D eigenvalue weighted by molar-refractivity contribution is 5.72. The maximum Gasteiger partial charge on any atom is 0.240 e. The number of benzene rings is 2. The van der Waals surface area contributed by atoms with Gasteiger partial charge in [0.15, 0.2) is 17.1 Å². The molecule has 0 radical (unpaired) electrons. The van der Waals surface area contributed by atoms with E-state index in [0.717, 1.165) is 22.6 Å². The summed E-state index contributed by atoms with van der Waals surface area (Å²) in [6.45, 7) is 0.407. The fraction of sp³-hybridized carbons (Fsp3) is 0.133. The van der Waals surface area contributed by atoms with Crippen molar-refractivity contribution < 1.29 is 13.9 Å². The first-order valence-corrected chi connectivity index (χ1v) is 6.14. The quantitative estimate of drug-likeness (QED) is 0.667. The van der Waals surface area contributed by atoms with Crippen LogP contribution in [0.25, 0.3) is 11.1 Å². The summed E-state index contributed by atoms with van der Waals surface area (Å²) < 4.78 is 17.2. The van der Waals surface area contributed by atoms with Crippen LogP contribution in [0, 0.1) is 0 Å². The average Bonchev–Trinajstić information content (AvgIpc) is 2.90. The zero-order chi connectivity index (χ0) is 12.7. The van der Waals surface area contributed by atoms with Crippen LogP contribution in [0.5, 0.6) is 11.5 Å². The van der Waals surface area contributed by atoms with Gasteiger partial charge < -0.3 is 13.9 Å². The molecule has 4 heteroatoms. The van der Waals surface area contributed by atoms with Crippen molar-refractivity contribution >= 4 is 11.1 Å². The van der Waals surface area contributed by atoms with Crippen molar-refractivity contribution in [3.05, 3.63) is 54.4 Å². The largest absolute Gasteiger partial charge is 0.485 e. The Labute approximate surface area is 109 Å². The molecule has 0 saturated carbocycles. The Bertz CT molecular complexity index is 702. The first-order chi connectivity index (χ1) is 9.40. The molecule has 0 amide bonds. The van der Waals surface area contributed by atoms with E-state index in [1.54, 1.807) is 0 Å². The molecule has 0 N–H and O–H groups in total. The van der Waals surface area contributed by atoms with Gasteiger partial charge in [-0.1, -0.05) is 24.3 Å². The Morgan fingerprint density at radius 2 is 1.74 bits per heavy atom. The van der Waals surface area contributed by atoms with Gasteiger partial charge in [-0.3, -0.25) is 0 Å². The number of nitrogens with zero attached hydrogens (tertiary/aromatic N) is 1. The summed E-state index contributed by atoms with van der Waals surface area (Å²) in [6.07, 6.45) is -0.303. The van der Waals surface area contributed by atoms with Gasteiger partial charge in [0.2, 0.25) is 12.0 Å². The fourth-order valence-electron chi connectivity index (χ4n) is 2.17. The van der Waals surface area contributed by atoms with Gasteiger partial charge in [0.1, 0.15) is 12.1 Å². The van der Waals surface area contributed by atoms with E-state index < -0.39 is 0 Å². The van der Waals surface area contributed by atoms with E-state index in [-0.39, 0.29) is 6.10 Å². The minimum atomic E-state index is -0.303. The molecule has 0 saturated heterocycles. The Morgan fingerprint density at radius 3 is 2.63 bits per heavy atom. The number of fused-ring (bicyclic) bond motifs is 2. The zero-order valence-electron chi connectivity index (χ0n) is 10.1. The highest BCUT2D eigenvalue weighted by atomic mass is 16.6. The number of ether oxygens (including phenoxy) is 2. The van der Waals surface area contributed by atoms with E-state index in [1.807, 2.05) is 48.5 Å². The molecule has 1 aliphatic rings. The van der Waals surface area contributed by atoms with E-state index in [1.165, 1.54) is 0 Å². The number of aromatic nitrogens is 1. The molecule has 4 rings (SSSR count). The van der Waals surface area contributed by atoms with Crippen LogP contribution in [0.1, 0.15) is 12.0 Å². The lowest BCUT2D eigenvalue weighted by atomic mass is 10.2. The van der Waals surface area contributed by atoms with Crippen molar-refractivity contribution in [1.82, 2.24) is 4.98 Å². The molecule has 0 unspecified atom stereocenters. The molecule has 1 aromatic heterocycles. The van der Waals surface area contributed by atoms with Crippen molar-refractivity contribution in [2.45, 2.75) is 6.10 Å². The minimum absolute atomic E-state index is 0.303. The Balaban J connectivity index is 1.70. The lowest BCUT2D eigenvalue weighted by Crippen LogP contribution is -2.21. The van der Waals surface area contributed by atoms with Crippen LogP contribution in [0.3, 0.4) is 0 Å². The van der Waals surface area contributed by atoms with Crippen molar-refractivity contribution in [2.24, 2.45) is 0 Å². The molecular weight excluding hydrogens is 242 g/mol. The van der Waals surface area contributed by atoms with Gasteiger partial charge >= 0.3 is 0 Å². The number of hydrogen-bond acceptors (Lipinski definition) is 4. The first kappa shape index (κ1) is 10.4. The number of rotatable bonds is 1. The molecule has 3 aromatic rings. The number of para-hydroxylation sites is 4. The number of oxazole rings is 1. The second kappa shape index (κ2) is 4.02. The van der Waals surface area contributed by atoms with Crippen molar-refractivity contribution in [3.8, 4) is 11.5 Å². The van der Waals surface area contributed by atoms with Crippen molar-refractivity contribution in [2.75, 3.05) is 6.61 Å². The SMILES string of the molecule is c1ccc2c(c1)OC[C@H](c1nc3ccccc3o1)O2. The van der Waals surface area contributed by atoms with Gasteiger partial charge in [0.25, 0.3) is 0 Å². The summed E-state index contributed by atoms with van der Waals surface area (Å²) in [6, 6.07) is 15.3. The third kappa shape index (κ3) is 1.73. The van der Waals surface area contributed by atoms with Gasteiger partial charge in [-0.25, -0.2) is 4.98 Å². The van der Waals surface area contributed by atoms with Gasteiger partial charge in [-0.15, -0.1) is 0 Å². The zero-order valence-corrected chi connectivity index (χ0v) is 10.1. The fourth-order valence-corrected chi connectivity index (χ4v) is 2.17. The molecule has 0 spiro atoms. The molecule has 94 valence electrons. The third-order valence-electron chi connectivity index (χ3n) is 3.09. The van der Waals surface area contributed by atoms with Gasteiger partial charge in [-0.2, -0.15) is 0 Å². The summed E-state index contributed by atoms with van der Waals surface area (Å²) in [5, 5.41) is 0. The summed E-state index contributed by atoms with van der Waals surface area (Å²) in [5.74, 6) is 2.03. The third-order valence-corrected chi connectivity index (χ3v) is 3.09. The lowest BCUT2D eigenvalue weighted by molar-refractivity contribution is 0.0726. The van der Waals surface area contributed by atoms with Crippen LogP contribution in [-0.4, -0.2) is 11.6 Å².